The molecule has 0 saturated heterocycles. The fraction of sp³-hybridized carbons (Fsp3) is 0.0526. The summed E-state index contributed by atoms with van der Waals surface area (Å²) < 4.78 is 15.2. The molecule has 0 unspecified atom stereocenters. The van der Waals surface area contributed by atoms with Gasteiger partial charge in [0.2, 0.25) is 0 Å². The molecule has 0 bridgehead atoms. The number of hydrogen-bond acceptors (Lipinski definition) is 3. The molecule has 4 nitrogen and oxygen atoms in total. The van der Waals surface area contributed by atoms with E-state index in [0.29, 0.717) is 5.56 Å². The largest absolute Gasteiger partial charge is 0.507 e. The predicted octanol–water partition coefficient (Wildman–Crippen LogP) is 3.31. The third kappa shape index (κ3) is 2.60. The van der Waals surface area contributed by atoms with Crippen LogP contribution in [0.5, 0.6) is 5.75 Å². The molecule has 1 heterocycles. The lowest BCUT2D eigenvalue weighted by atomic mass is 10.0. The predicted molar refractivity (Wildman–Crippen MR) is 91.1 cm³/mol. The van der Waals surface area contributed by atoms with Crippen molar-refractivity contribution in [3.8, 4) is 17.0 Å². The summed E-state index contributed by atoms with van der Waals surface area (Å²) in [7, 11) is 1.49. The molecule has 2 aromatic carbocycles. The molecule has 1 aromatic heterocycles. The van der Waals surface area contributed by atoms with Gasteiger partial charge >= 0.3 is 0 Å². The molecule has 0 aliphatic carbocycles. The van der Waals surface area contributed by atoms with Crippen LogP contribution in [0.1, 0.15) is 11.1 Å². The van der Waals surface area contributed by atoms with Crippen LogP contribution < -0.4 is 5.56 Å². The highest BCUT2D eigenvalue weighted by atomic mass is 19.1. The van der Waals surface area contributed by atoms with Crippen LogP contribution in [-0.4, -0.2) is 15.4 Å². The van der Waals surface area contributed by atoms with Gasteiger partial charge in [0.25, 0.3) is 5.56 Å². The molecule has 0 atom stereocenters. The monoisotopic (exact) mass is 322 g/mol. The molecular formula is C19H15FN2O2. The molecular weight excluding hydrogens is 307 g/mol. The smallest absolute Gasteiger partial charge is 0.264 e. The van der Waals surface area contributed by atoms with E-state index < -0.39 is 11.4 Å². The summed E-state index contributed by atoms with van der Waals surface area (Å²) in [6.45, 7) is 0. The lowest BCUT2D eigenvalue weighted by Crippen LogP contribution is -2.26. The molecule has 5 heteroatoms. The number of aromatic nitrogens is 1. The number of nitrogens with zero attached hydrogens (tertiary/aromatic N) is 1. The Morgan fingerprint density at radius 3 is 2.38 bits per heavy atom. The number of aromatic hydroxyl groups is 1. The zero-order valence-corrected chi connectivity index (χ0v) is 13.0. The molecule has 3 aromatic rings. The van der Waals surface area contributed by atoms with E-state index in [-0.39, 0.29) is 28.3 Å². The second-order valence-electron chi connectivity index (χ2n) is 5.37. The molecule has 0 aliphatic heterocycles. The highest BCUT2D eigenvalue weighted by molar-refractivity contribution is 6.12. The van der Waals surface area contributed by atoms with Gasteiger partial charge in [0.05, 0.1) is 11.4 Å². The molecule has 120 valence electrons. The van der Waals surface area contributed by atoms with E-state index in [1.54, 1.807) is 42.5 Å². The van der Waals surface area contributed by atoms with Crippen LogP contribution in [0, 0.1) is 11.2 Å². The summed E-state index contributed by atoms with van der Waals surface area (Å²) in [5.74, 6) is -0.831. The Kier molecular flexibility index (Phi) is 4.00. The molecule has 24 heavy (non-hydrogen) atoms. The Bertz CT molecular complexity index is 978. The zero-order valence-electron chi connectivity index (χ0n) is 13.0. The minimum atomic E-state index is -0.554. The van der Waals surface area contributed by atoms with E-state index in [4.69, 9.17) is 5.41 Å². The zero-order chi connectivity index (χ0) is 17.3. The van der Waals surface area contributed by atoms with Gasteiger partial charge < -0.3 is 9.67 Å². The maximum absolute atomic E-state index is 14.0. The first-order chi connectivity index (χ1) is 11.5. The number of hydrogen-bond donors (Lipinski definition) is 2. The number of pyridine rings is 1. The van der Waals surface area contributed by atoms with E-state index >= 15 is 0 Å². The summed E-state index contributed by atoms with van der Waals surface area (Å²) in [5.41, 5.74) is 0.244. The minimum absolute atomic E-state index is 0.0752. The summed E-state index contributed by atoms with van der Waals surface area (Å²) >= 11 is 0. The van der Waals surface area contributed by atoms with Gasteiger partial charge in [0.15, 0.2) is 0 Å². The second-order valence-corrected chi connectivity index (χ2v) is 5.37. The van der Waals surface area contributed by atoms with E-state index in [0.717, 1.165) is 0 Å². The molecule has 3 rings (SSSR count). The van der Waals surface area contributed by atoms with Crippen molar-refractivity contribution in [3.05, 3.63) is 88.0 Å². The van der Waals surface area contributed by atoms with Gasteiger partial charge in [-0.15, -0.1) is 0 Å². The minimum Gasteiger partial charge on any atom is -0.507 e. The van der Waals surface area contributed by atoms with Crippen molar-refractivity contribution in [2.75, 3.05) is 0 Å². The Morgan fingerprint density at radius 1 is 1.08 bits per heavy atom. The van der Waals surface area contributed by atoms with Gasteiger partial charge in [0, 0.05) is 24.2 Å². The lowest BCUT2D eigenvalue weighted by Gasteiger charge is -2.14. The maximum Gasteiger partial charge on any atom is 0.264 e. The van der Waals surface area contributed by atoms with Crippen molar-refractivity contribution < 1.29 is 9.50 Å². The van der Waals surface area contributed by atoms with Crippen molar-refractivity contribution >= 4 is 5.71 Å². The quantitative estimate of drug-likeness (QED) is 0.727. The van der Waals surface area contributed by atoms with Crippen molar-refractivity contribution in [2.45, 2.75) is 0 Å². The Morgan fingerprint density at radius 2 is 1.71 bits per heavy atom. The van der Waals surface area contributed by atoms with Crippen molar-refractivity contribution in [1.82, 2.24) is 4.57 Å². The van der Waals surface area contributed by atoms with Crippen LogP contribution in [0.4, 0.5) is 4.39 Å². The van der Waals surface area contributed by atoms with E-state index in [9.17, 15) is 14.3 Å². The summed E-state index contributed by atoms with van der Waals surface area (Å²) in [6.07, 6.45) is 0. The van der Waals surface area contributed by atoms with E-state index in [2.05, 4.69) is 0 Å². The third-order valence-corrected chi connectivity index (χ3v) is 3.87. The van der Waals surface area contributed by atoms with Crippen LogP contribution in [-0.2, 0) is 7.05 Å². The van der Waals surface area contributed by atoms with Crippen molar-refractivity contribution in [1.29, 1.82) is 5.41 Å². The summed E-state index contributed by atoms with van der Waals surface area (Å²) in [4.78, 5) is 12.6. The van der Waals surface area contributed by atoms with Crippen LogP contribution in [0.2, 0.25) is 0 Å². The van der Waals surface area contributed by atoms with Gasteiger partial charge in [-0.2, -0.15) is 0 Å². The highest BCUT2D eigenvalue weighted by Crippen LogP contribution is 2.26. The van der Waals surface area contributed by atoms with E-state index in [1.165, 1.54) is 29.8 Å². The van der Waals surface area contributed by atoms with Gasteiger partial charge in [-0.1, -0.05) is 42.5 Å². The topological polar surface area (TPSA) is 66.1 Å². The number of rotatable bonds is 3. The van der Waals surface area contributed by atoms with Crippen molar-refractivity contribution in [3.63, 3.8) is 0 Å². The average Bonchev–Trinajstić information content (AvgIpc) is 2.59. The van der Waals surface area contributed by atoms with Gasteiger partial charge in [-0.25, -0.2) is 4.39 Å². The molecule has 0 fully saturated rings. The van der Waals surface area contributed by atoms with Crippen LogP contribution >= 0.6 is 0 Å². The number of halogens is 1. The lowest BCUT2D eigenvalue weighted by molar-refractivity contribution is 0.471. The molecule has 0 aliphatic rings. The first-order valence-corrected chi connectivity index (χ1v) is 7.33. The SMILES string of the molecule is Cn1c(-c2ccccc2F)cc(O)c(C(=N)c2ccccc2)c1=O. The van der Waals surface area contributed by atoms with Gasteiger partial charge in [0.1, 0.15) is 17.1 Å². The Balaban J connectivity index is 2.19. The molecule has 0 radical (unpaired) electrons. The second kappa shape index (κ2) is 6.12. The molecule has 2 N–H and O–H groups in total. The fourth-order valence-electron chi connectivity index (χ4n) is 2.60. The molecule has 0 amide bonds. The first-order valence-electron chi connectivity index (χ1n) is 7.33. The van der Waals surface area contributed by atoms with Gasteiger partial charge in [-0.3, -0.25) is 10.2 Å². The van der Waals surface area contributed by atoms with Crippen LogP contribution in [0.25, 0.3) is 11.3 Å². The maximum atomic E-state index is 14.0. The van der Waals surface area contributed by atoms with Crippen LogP contribution in [0.3, 0.4) is 0 Å². The summed E-state index contributed by atoms with van der Waals surface area (Å²) in [5, 5.41) is 18.5. The van der Waals surface area contributed by atoms with Crippen molar-refractivity contribution in [2.24, 2.45) is 7.05 Å². The number of benzene rings is 2. The Labute approximate surface area is 138 Å². The molecule has 0 spiro atoms. The van der Waals surface area contributed by atoms with E-state index in [1.807, 2.05) is 0 Å². The van der Waals surface area contributed by atoms with Gasteiger partial charge in [-0.05, 0) is 12.1 Å². The highest BCUT2D eigenvalue weighted by Gasteiger charge is 2.19. The first kappa shape index (κ1) is 15.7. The Hall–Kier alpha value is -3.21. The number of nitrogens with one attached hydrogen (secondary N) is 1. The normalized spacial score (nSPS) is 10.6. The fourth-order valence-corrected chi connectivity index (χ4v) is 2.60. The third-order valence-electron chi connectivity index (χ3n) is 3.87. The molecule has 0 saturated carbocycles. The summed E-state index contributed by atoms with van der Waals surface area (Å²) in [6, 6.07) is 16.0. The average molecular weight is 322 g/mol. The standard InChI is InChI=1S/C19H15FN2O2/c1-22-15(13-9-5-6-10-14(13)20)11-16(23)17(19(22)24)18(21)12-7-3-2-4-8-12/h2-11,21,23H,1H3. The van der Waals surface area contributed by atoms with Crippen LogP contribution in [0.15, 0.2) is 65.5 Å².